The van der Waals surface area contributed by atoms with Crippen molar-refractivity contribution in [2.45, 2.75) is 20.0 Å². The van der Waals surface area contributed by atoms with E-state index < -0.39 is 5.97 Å². The van der Waals surface area contributed by atoms with E-state index in [1.807, 2.05) is 50.2 Å². The van der Waals surface area contributed by atoms with Gasteiger partial charge in [-0.05, 0) is 42.7 Å². The molecule has 2 aromatic rings. The van der Waals surface area contributed by atoms with Gasteiger partial charge in [0, 0.05) is 6.61 Å². The van der Waals surface area contributed by atoms with Gasteiger partial charge in [0.2, 0.25) is 0 Å². The molecule has 0 saturated carbocycles. The van der Waals surface area contributed by atoms with Gasteiger partial charge in [-0.3, -0.25) is 0 Å². The van der Waals surface area contributed by atoms with Crippen LogP contribution in [0.5, 0.6) is 0 Å². The van der Waals surface area contributed by atoms with E-state index in [1.54, 1.807) is 12.1 Å². The molecule has 0 heterocycles. The molecule has 0 aliphatic rings. The Labute approximate surface area is 118 Å². The summed E-state index contributed by atoms with van der Waals surface area (Å²) in [5.41, 5.74) is 3.51. The normalized spacial score (nSPS) is 12.1. The zero-order valence-corrected chi connectivity index (χ0v) is 11.7. The number of hydrogen-bond acceptors (Lipinski definition) is 2. The summed E-state index contributed by atoms with van der Waals surface area (Å²) in [6.45, 7) is 4.70. The van der Waals surface area contributed by atoms with Crippen LogP contribution in [-0.4, -0.2) is 17.7 Å². The second kappa shape index (κ2) is 6.35. The van der Waals surface area contributed by atoms with Crippen LogP contribution in [0, 0.1) is 0 Å². The van der Waals surface area contributed by atoms with Gasteiger partial charge in [-0.2, -0.15) is 0 Å². The molecule has 104 valence electrons. The maximum atomic E-state index is 10.8. The summed E-state index contributed by atoms with van der Waals surface area (Å²) < 4.78 is 5.55. The first-order valence-corrected chi connectivity index (χ1v) is 6.67. The molecule has 20 heavy (non-hydrogen) atoms. The Bertz CT molecular complexity index is 570. The average molecular weight is 270 g/mol. The Kier molecular flexibility index (Phi) is 4.53. The Morgan fingerprint density at radius 3 is 2.00 bits per heavy atom. The molecule has 2 aromatic carbocycles. The van der Waals surface area contributed by atoms with Gasteiger partial charge in [0.15, 0.2) is 0 Å². The minimum atomic E-state index is -0.905. The van der Waals surface area contributed by atoms with Crippen LogP contribution in [0.1, 0.15) is 35.9 Å². The van der Waals surface area contributed by atoms with Crippen molar-refractivity contribution in [2.24, 2.45) is 0 Å². The zero-order valence-electron chi connectivity index (χ0n) is 11.7. The highest BCUT2D eigenvalue weighted by molar-refractivity contribution is 5.88. The molecular weight excluding hydrogens is 252 g/mol. The highest BCUT2D eigenvalue weighted by atomic mass is 16.5. The van der Waals surface area contributed by atoms with E-state index in [0.717, 1.165) is 16.7 Å². The molecule has 3 nitrogen and oxygen atoms in total. The lowest BCUT2D eigenvalue weighted by Gasteiger charge is -2.12. The van der Waals surface area contributed by atoms with E-state index in [0.29, 0.717) is 12.2 Å². The van der Waals surface area contributed by atoms with Crippen molar-refractivity contribution in [3.63, 3.8) is 0 Å². The van der Waals surface area contributed by atoms with Crippen LogP contribution < -0.4 is 0 Å². The third kappa shape index (κ3) is 3.25. The van der Waals surface area contributed by atoms with Crippen LogP contribution in [-0.2, 0) is 4.74 Å². The molecule has 0 aliphatic carbocycles. The monoisotopic (exact) mass is 270 g/mol. The van der Waals surface area contributed by atoms with Crippen LogP contribution in [0.25, 0.3) is 11.1 Å². The van der Waals surface area contributed by atoms with Crippen LogP contribution in [0.3, 0.4) is 0 Å². The van der Waals surface area contributed by atoms with Crippen molar-refractivity contribution in [2.75, 3.05) is 6.61 Å². The number of carboxylic acids is 1. The standard InChI is InChI=1S/C17H18O3/c1-3-20-12(2)13-4-6-14(7-5-13)15-8-10-16(11-9-15)17(18)19/h4-12H,3H2,1-2H3,(H,18,19)/t12-/m0/s1. The lowest BCUT2D eigenvalue weighted by molar-refractivity contribution is 0.0696. The number of ether oxygens (including phenoxy) is 1. The van der Waals surface area contributed by atoms with E-state index >= 15 is 0 Å². The van der Waals surface area contributed by atoms with E-state index in [-0.39, 0.29) is 6.10 Å². The van der Waals surface area contributed by atoms with Gasteiger partial charge in [0.1, 0.15) is 0 Å². The molecule has 2 rings (SSSR count). The fourth-order valence-corrected chi connectivity index (χ4v) is 2.10. The number of aromatic carboxylic acids is 1. The zero-order chi connectivity index (χ0) is 14.5. The molecule has 0 fully saturated rings. The Morgan fingerprint density at radius 2 is 1.55 bits per heavy atom. The van der Waals surface area contributed by atoms with Gasteiger partial charge in [0.25, 0.3) is 0 Å². The quantitative estimate of drug-likeness (QED) is 0.887. The van der Waals surface area contributed by atoms with E-state index in [1.165, 1.54) is 0 Å². The third-order valence-electron chi connectivity index (χ3n) is 3.26. The summed E-state index contributed by atoms with van der Waals surface area (Å²) in [5, 5.41) is 8.88. The molecule has 0 spiro atoms. The Morgan fingerprint density at radius 1 is 1.05 bits per heavy atom. The van der Waals surface area contributed by atoms with E-state index in [4.69, 9.17) is 9.84 Å². The summed E-state index contributed by atoms with van der Waals surface area (Å²) >= 11 is 0. The molecule has 0 radical (unpaired) electrons. The predicted molar refractivity (Wildman–Crippen MR) is 78.9 cm³/mol. The van der Waals surface area contributed by atoms with Gasteiger partial charge in [-0.15, -0.1) is 0 Å². The molecule has 0 amide bonds. The lowest BCUT2D eigenvalue weighted by atomic mass is 10.0. The largest absolute Gasteiger partial charge is 0.478 e. The maximum Gasteiger partial charge on any atom is 0.335 e. The lowest BCUT2D eigenvalue weighted by Crippen LogP contribution is -1.99. The smallest absolute Gasteiger partial charge is 0.335 e. The molecule has 3 heteroatoms. The highest BCUT2D eigenvalue weighted by Crippen LogP contribution is 2.23. The summed E-state index contributed by atoms with van der Waals surface area (Å²) in [7, 11) is 0. The van der Waals surface area contributed by atoms with Gasteiger partial charge in [-0.1, -0.05) is 36.4 Å². The summed E-state index contributed by atoms with van der Waals surface area (Å²) in [4.78, 5) is 10.8. The van der Waals surface area contributed by atoms with Crippen LogP contribution in [0.15, 0.2) is 48.5 Å². The van der Waals surface area contributed by atoms with Crippen molar-refractivity contribution in [3.05, 3.63) is 59.7 Å². The predicted octanol–water partition coefficient (Wildman–Crippen LogP) is 4.15. The SMILES string of the molecule is CCO[C@@H](C)c1ccc(-c2ccc(C(=O)O)cc2)cc1. The number of rotatable bonds is 5. The van der Waals surface area contributed by atoms with Crippen molar-refractivity contribution in [1.29, 1.82) is 0 Å². The molecule has 1 atom stereocenters. The summed E-state index contributed by atoms with van der Waals surface area (Å²) in [6, 6.07) is 15.0. The van der Waals surface area contributed by atoms with Gasteiger partial charge in [-0.25, -0.2) is 4.79 Å². The third-order valence-corrected chi connectivity index (χ3v) is 3.26. The number of carbonyl (C=O) groups is 1. The van der Waals surface area contributed by atoms with Crippen molar-refractivity contribution in [3.8, 4) is 11.1 Å². The fourth-order valence-electron chi connectivity index (χ4n) is 2.10. The highest BCUT2D eigenvalue weighted by Gasteiger charge is 2.06. The molecule has 0 aromatic heterocycles. The van der Waals surface area contributed by atoms with E-state index in [2.05, 4.69) is 0 Å². The maximum absolute atomic E-state index is 10.8. The minimum absolute atomic E-state index is 0.0865. The van der Waals surface area contributed by atoms with Gasteiger partial charge < -0.3 is 9.84 Å². The Balaban J connectivity index is 2.19. The second-order valence-electron chi connectivity index (χ2n) is 4.60. The van der Waals surface area contributed by atoms with Gasteiger partial charge >= 0.3 is 5.97 Å². The molecule has 1 N–H and O–H groups in total. The van der Waals surface area contributed by atoms with Gasteiger partial charge in [0.05, 0.1) is 11.7 Å². The average Bonchev–Trinajstić information content (AvgIpc) is 2.48. The minimum Gasteiger partial charge on any atom is -0.478 e. The summed E-state index contributed by atoms with van der Waals surface area (Å²) in [6.07, 6.45) is 0.0865. The van der Waals surface area contributed by atoms with Crippen LogP contribution in [0.4, 0.5) is 0 Å². The first-order valence-electron chi connectivity index (χ1n) is 6.67. The van der Waals surface area contributed by atoms with Crippen LogP contribution >= 0.6 is 0 Å². The molecule has 0 aliphatic heterocycles. The fraction of sp³-hybridized carbons (Fsp3) is 0.235. The van der Waals surface area contributed by atoms with Crippen molar-refractivity contribution in [1.82, 2.24) is 0 Å². The first kappa shape index (κ1) is 14.3. The topological polar surface area (TPSA) is 46.5 Å². The number of benzene rings is 2. The number of carboxylic acid groups (broad SMARTS) is 1. The van der Waals surface area contributed by atoms with E-state index in [9.17, 15) is 4.79 Å². The van der Waals surface area contributed by atoms with Crippen LogP contribution in [0.2, 0.25) is 0 Å². The molecule has 0 saturated heterocycles. The Hall–Kier alpha value is -2.13. The number of hydrogen-bond donors (Lipinski definition) is 1. The van der Waals surface area contributed by atoms with Crippen molar-refractivity contribution >= 4 is 5.97 Å². The summed E-state index contributed by atoms with van der Waals surface area (Å²) in [5.74, 6) is -0.905. The molecule has 0 unspecified atom stereocenters. The second-order valence-corrected chi connectivity index (χ2v) is 4.60. The molecule has 0 bridgehead atoms. The first-order chi connectivity index (χ1) is 9.61. The van der Waals surface area contributed by atoms with Crippen molar-refractivity contribution < 1.29 is 14.6 Å². The molecular formula is C17H18O3.